The van der Waals surface area contributed by atoms with E-state index < -0.39 is 0 Å². The average molecular weight is 197 g/mol. The van der Waals surface area contributed by atoms with Gasteiger partial charge in [-0.1, -0.05) is 0 Å². The van der Waals surface area contributed by atoms with Gasteiger partial charge < -0.3 is 10.2 Å². The molecule has 0 aliphatic rings. The average Bonchev–Trinajstić information content (AvgIpc) is 2.63. The second kappa shape index (κ2) is 6.50. The number of rotatable bonds is 7. The third-order valence-electron chi connectivity index (χ3n) is 1.94. The summed E-state index contributed by atoms with van der Waals surface area (Å²) in [5, 5.41) is 7.38. The van der Waals surface area contributed by atoms with Gasteiger partial charge in [-0.3, -0.25) is 4.68 Å². The number of nitrogens with zero attached hydrogens (tertiary/aromatic N) is 4. The van der Waals surface area contributed by atoms with Gasteiger partial charge in [-0.25, -0.2) is 4.98 Å². The van der Waals surface area contributed by atoms with Gasteiger partial charge in [0.15, 0.2) is 0 Å². The number of hydrogen-bond acceptors (Lipinski definition) is 4. The molecular formula is C9H19N5. The lowest BCUT2D eigenvalue weighted by atomic mass is 10.4. The van der Waals surface area contributed by atoms with Crippen molar-refractivity contribution in [3.8, 4) is 0 Å². The second-order valence-electron chi connectivity index (χ2n) is 3.57. The number of aromatic nitrogens is 3. The zero-order chi connectivity index (χ0) is 10.2. The molecule has 1 N–H and O–H groups in total. The van der Waals surface area contributed by atoms with Gasteiger partial charge in [-0.05, 0) is 33.6 Å². The molecule has 0 bridgehead atoms. The SMILES string of the molecule is CN(C)CCCNCCn1cncn1. The van der Waals surface area contributed by atoms with E-state index in [1.54, 1.807) is 12.7 Å². The van der Waals surface area contributed by atoms with Gasteiger partial charge in [-0.2, -0.15) is 5.10 Å². The van der Waals surface area contributed by atoms with Gasteiger partial charge in [0.25, 0.3) is 0 Å². The molecule has 0 spiro atoms. The molecule has 0 amide bonds. The highest BCUT2D eigenvalue weighted by molar-refractivity contribution is 4.57. The summed E-state index contributed by atoms with van der Waals surface area (Å²) in [6.45, 7) is 4.04. The van der Waals surface area contributed by atoms with Crippen molar-refractivity contribution in [3.05, 3.63) is 12.7 Å². The summed E-state index contributed by atoms with van der Waals surface area (Å²) in [6.07, 6.45) is 4.48. The molecule has 80 valence electrons. The summed E-state index contributed by atoms with van der Waals surface area (Å²) < 4.78 is 1.83. The summed E-state index contributed by atoms with van der Waals surface area (Å²) in [5.74, 6) is 0. The first-order valence-electron chi connectivity index (χ1n) is 4.97. The monoisotopic (exact) mass is 197 g/mol. The maximum absolute atomic E-state index is 4.02. The van der Waals surface area contributed by atoms with E-state index in [-0.39, 0.29) is 0 Å². The maximum Gasteiger partial charge on any atom is 0.137 e. The lowest BCUT2D eigenvalue weighted by Crippen LogP contribution is -2.24. The topological polar surface area (TPSA) is 46.0 Å². The van der Waals surface area contributed by atoms with Crippen LogP contribution < -0.4 is 5.32 Å². The van der Waals surface area contributed by atoms with Crippen LogP contribution in [0.2, 0.25) is 0 Å². The van der Waals surface area contributed by atoms with E-state index in [0.29, 0.717) is 0 Å². The molecule has 0 aromatic carbocycles. The van der Waals surface area contributed by atoms with Crippen LogP contribution in [-0.4, -0.2) is 53.4 Å². The van der Waals surface area contributed by atoms with Crippen molar-refractivity contribution in [1.29, 1.82) is 0 Å². The molecular weight excluding hydrogens is 178 g/mol. The second-order valence-corrected chi connectivity index (χ2v) is 3.57. The lowest BCUT2D eigenvalue weighted by Gasteiger charge is -2.09. The van der Waals surface area contributed by atoms with Gasteiger partial charge in [0.05, 0.1) is 6.54 Å². The van der Waals surface area contributed by atoms with Crippen molar-refractivity contribution >= 4 is 0 Å². The van der Waals surface area contributed by atoms with Crippen molar-refractivity contribution in [2.75, 3.05) is 33.7 Å². The Hall–Kier alpha value is -0.940. The van der Waals surface area contributed by atoms with Crippen LogP contribution in [0.25, 0.3) is 0 Å². The van der Waals surface area contributed by atoms with E-state index in [0.717, 1.165) is 26.2 Å². The molecule has 1 rings (SSSR count). The van der Waals surface area contributed by atoms with Gasteiger partial charge in [0, 0.05) is 6.54 Å². The molecule has 0 saturated carbocycles. The predicted molar refractivity (Wildman–Crippen MR) is 56.1 cm³/mol. The Morgan fingerprint density at radius 2 is 2.21 bits per heavy atom. The maximum atomic E-state index is 4.02. The van der Waals surface area contributed by atoms with Crippen LogP contribution in [0.3, 0.4) is 0 Å². The minimum Gasteiger partial charge on any atom is -0.315 e. The van der Waals surface area contributed by atoms with E-state index in [1.807, 2.05) is 4.68 Å². The lowest BCUT2D eigenvalue weighted by molar-refractivity contribution is 0.392. The molecule has 1 aromatic rings. The van der Waals surface area contributed by atoms with Gasteiger partial charge in [0.1, 0.15) is 12.7 Å². The summed E-state index contributed by atoms with van der Waals surface area (Å²) >= 11 is 0. The van der Waals surface area contributed by atoms with E-state index in [9.17, 15) is 0 Å². The molecule has 0 saturated heterocycles. The smallest absolute Gasteiger partial charge is 0.137 e. The molecule has 5 heteroatoms. The normalized spacial score (nSPS) is 11.1. The fourth-order valence-electron chi connectivity index (χ4n) is 1.19. The standard InChI is InChI=1S/C9H19N5/c1-13(2)6-3-4-10-5-7-14-9-11-8-12-14/h8-10H,3-7H2,1-2H3. The van der Waals surface area contributed by atoms with E-state index in [2.05, 4.69) is 34.4 Å². The molecule has 0 unspecified atom stereocenters. The van der Waals surface area contributed by atoms with Crippen LogP contribution in [0.15, 0.2) is 12.7 Å². The van der Waals surface area contributed by atoms with Gasteiger partial charge in [-0.15, -0.1) is 0 Å². The highest BCUT2D eigenvalue weighted by Gasteiger charge is 1.92. The van der Waals surface area contributed by atoms with E-state index >= 15 is 0 Å². The van der Waals surface area contributed by atoms with Crippen LogP contribution in [-0.2, 0) is 6.54 Å². The Morgan fingerprint density at radius 3 is 2.86 bits per heavy atom. The van der Waals surface area contributed by atoms with Gasteiger partial charge >= 0.3 is 0 Å². The Labute approximate surface area is 85.1 Å². The molecule has 0 fully saturated rings. The van der Waals surface area contributed by atoms with Crippen LogP contribution in [0.5, 0.6) is 0 Å². The van der Waals surface area contributed by atoms with Crippen LogP contribution in [0.1, 0.15) is 6.42 Å². The minimum absolute atomic E-state index is 0.891. The molecule has 0 atom stereocenters. The van der Waals surface area contributed by atoms with Crippen molar-refractivity contribution in [3.63, 3.8) is 0 Å². The molecule has 0 radical (unpaired) electrons. The first-order valence-corrected chi connectivity index (χ1v) is 4.97. The molecule has 1 aromatic heterocycles. The third kappa shape index (κ3) is 4.94. The number of hydrogen-bond donors (Lipinski definition) is 1. The minimum atomic E-state index is 0.891. The van der Waals surface area contributed by atoms with Crippen molar-refractivity contribution in [1.82, 2.24) is 25.0 Å². The Bertz CT molecular complexity index is 219. The highest BCUT2D eigenvalue weighted by atomic mass is 15.3. The fraction of sp³-hybridized carbons (Fsp3) is 0.778. The van der Waals surface area contributed by atoms with Crippen molar-refractivity contribution in [2.45, 2.75) is 13.0 Å². The Morgan fingerprint density at radius 1 is 1.36 bits per heavy atom. The molecule has 0 aliphatic heterocycles. The highest BCUT2D eigenvalue weighted by Crippen LogP contribution is 1.81. The first-order chi connectivity index (χ1) is 6.79. The van der Waals surface area contributed by atoms with Crippen molar-refractivity contribution < 1.29 is 0 Å². The Kier molecular flexibility index (Phi) is 5.17. The van der Waals surface area contributed by atoms with Crippen molar-refractivity contribution in [2.24, 2.45) is 0 Å². The Balaban J connectivity index is 1.90. The van der Waals surface area contributed by atoms with Gasteiger partial charge in [0.2, 0.25) is 0 Å². The summed E-state index contributed by atoms with van der Waals surface area (Å²) in [7, 11) is 4.19. The molecule has 14 heavy (non-hydrogen) atoms. The number of nitrogens with one attached hydrogen (secondary N) is 1. The first kappa shape index (κ1) is 11.1. The van der Waals surface area contributed by atoms with Crippen LogP contribution in [0, 0.1) is 0 Å². The predicted octanol–water partition coefficient (Wildman–Crippen LogP) is -0.181. The summed E-state index contributed by atoms with van der Waals surface area (Å²) in [4.78, 5) is 6.07. The van der Waals surface area contributed by atoms with Crippen LogP contribution in [0.4, 0.5) is 0 Å². The summed E-state index contributed by atoms with van der Waals surface area (Å²) in [6, 6.07) is 0. The zero-order valence-corrected chi connectivity index (χ0v) is 8.98. The van der Waals surface area contributed by atoms with Crippen LogP contribution >= 0.6 is 0 Å². The summed E-state index contributed by atoms with van der Waals surface area (Å²) in [5.41, 5.74) is 0. The van der Waals surface area contributed by atoms with E-state index in [4.69, 9.17) is 0 Å². The third-order valence-corrected chi connectivity index (χ3v) is 1.94. The molecule has 1 heterocycles. The van der Waals surface area contributed by atoms with E-state index in [1.165, 1.54) is 6.42 Å². The largest absolute Gasteiger partial charge is 0.315 e. The quantitative estimate of drug-likeness (QED) is 0.616. The zero-order valence-electron chi connectivity index (χ0n) is 8.98. The molecule has 0 aliphatic carbocycles. The fourth-order valence-corrected chi connectivity index (χ4v) is 1.19. The molecule has 5 nitrogen and oxygen atoms in total.